The highest BCUT2D eigenvalue weighted by Crippen LogP contribution is 2.30. The van der Waals surface area contributed by atoms with Crippen molar-refractivity contribution in [3.05, 3.63) is 118 Å². The normalized spacial score (nSPS) is 12.9. The van der Waals surface area contributed by atoms with Gasteiger partial charge in [-0.3, -0.25) is 0 Å². The molecule has 0 N–H and O–H groups in total. The van der Waals surface area contributed by atoms with Crippen LogP contribution < -0.4 is 20.1 Å². The van der Waals surface area contributed by atoms with E-state index in [9.17, 15) is 0 Å². The average Bonchev–Trinajstić information content (AvgIpc) is 3.20. The van der Waals surface area contributed by atoms with Gasteiger partial charge in [0.05, 0.1) is 11.1 Å². The van der Waals surface area contributed by atoms with E-state index in [4.69, 9.17) is 0 Å². The van der Waals surface area contributed by atoms with Gasteiger partial charge in [0, 0.05) is 30.9 Å². The molecule has 0 spiro atoms. The lowest BCUT2D eigenvalue weighted by molar-refractivity contribution is 0.788. The number of para-hydroxylation sites is 1. The van der Waals surface area contributed by atoms with Crippen LogP contribution in [0.15, 0.2) is 91.0 Å². The van der Waals surface area contributed by atoms with Crippen molar-refractivity contribution in [1.29, 1.82) is 0 Å². The van der Waals surface area contributed by atoms with Crippen molar-refractivity contribution in [1.82, 2.24) is 4.58 Å². The number of benzene rings is 4. The highest BCUT2D eigenvalue weighted by atomic mass is 15.1. The van der Waals surface area contributed by atoms with Gasteiger partial charge in [0.2, 0.25) is 11.0 Å². The number of rotatable bonds is 6. The topological polar surface area (TPSA) is 6.25 Å². The van der Waals surface area contributed by atoms with Crippen LogP contribution in [0.25, 0.3) is 16.7 Å². The summed E-state index contributed by atoms with van der Waals surface area (Å²) in [6.45, 7) is 11.8. The molecule has 0 amide bonds. The monoisotopic (exact) mass is 445 g/mol. The molecule has 4 aromatic carbocycles. The molecule has 0 fully saturated rings. The molecule has 0 radical (unpaired) electrons. The number of nitrogens with zero attached hydrogens (tertiary/aromatic N) is 2. The molecule has 0 atom stereocenters. The second kappa shape index (κ2) is 9.30. The maximum atomic E-state index is 2.42. The van der Waals surface area contributed by atoms with E-state index in [2.05, 4.69) is 128 Å². The molecule has 1 heterocycles. The fourth-order valence-corrected chi connectivity index (χ4v) is 5.20. The Morgan fingerprint density at radius 3 is 2.00 bits per heavy atom. The molecule has 5 rings (SSSR count). The van der Waals surface area contributed by atoms with Crippen molar-refractivity contribution in [2.45, 2.75) is 27.7 Å². The molecule has 0 aliphatic carbocycles. The summed E-state index contributed by atoms with van der Waals surface area (Å²) in [7, 11) is 0. The molecule has 4 aromatic rings. The van der Waals surface area contributed by atoms with Crippen LogP contribution in [0.1, 0.15) is 37.5 Å². The molecular formula is C32H33N2+. The van der Waals surface area contributed by atoms with Crippen LogP contribution in [0.2, 0.25) is 0 Å². The number of anilines is 1. The molecular weight excluding hydrogens is 412 g/mol. The highest BCUT2D eigenvalue weighted by Gasteiger charge is 2.25. The van der Waals surface area contributed by atoms with Gasteiger partial charge in [0.25, 0.3) is 0 Å². The first-order chi connectivity index (χ1) is 16.6. The van der Waals surface area contributed by atoms with E-state index < -0.39 is 0 Å². The molecule has 0 saturated carbocycles. The second-order valence-electron chi connectivity index (χ2n) is 8.95. The Kier molecular flexibility index (Phi) is 6.06. The van der Waals surface area contributed by atoms with Crippen molar-refractivity contribution < 1.29 is 0 Å². The minimum absolute atomic E-state index is 0.963. The smallest absolute Gasteiger partial charge is 0.213 e. The largest absolute Gasteiger partial charge is 0.372 e. The zero-order valence-corrected chi connectivity index (χ0v) is 20.7. The van der Waals surface area contributed by atoms with Gasteiger partial charge in [0.1, 0.15) is 6.54 Å². The minimum Gasteiger partial charge on any atom is -0.372 e. The average molecular weight is 446 g/mol. The van der Waals surface area contributed by atoms with Crippen LogP contribution in [0.5, 0.6) is 0 Å². The fraction of sp³-hybridized carbons (Fsp3) is 0.219. The van der Waals surface area contributed by atoms with Crippen LogP contribution in [0.4, 0.5) is 11.4 Å². The lowest BCUT2D eigenvalue weighted by Gasteiger charge is -2.21. The van der Waals surface area contributed by atoms with E-state index in [-0.39, 0.29) is 0 Å². The standard InChI is InChI=1S/C32H33N2/c1-5-33(6-2)27-19-16-25(17-20-27)32(24-14-12-23(4)13-15-24)26-18-21-31-29(22-26)28-10-8-9-11-30(28)34(31)7-3/h8-22H,5-7H2,1-4H3/q+1. The molecule has 170 valence electrons. The van der Waals surface area contributed by atoms with Crippen molar-refractivity contribution in [3.8, 4) is 11.1 Å². The van der Waals surface area contributed by atoms with E-state index in [1.54, 1.807) is 0 Å². The molecule has 2 heteroatoms. The highest BCUT2D eigenvalue weighted by molar-refractivity contribution is 5.83. The number of hydrogen-bond donors (Lipinski definition) is 0. The van der Waals surface area contributed by atoms with Gasteiger partial charge >= 0.3 is 0 Å². The Labute approximate surface area is 203 Å². The van der Waals surface area contributed by atoms with E-state index in [1.165, 1.54) is 55.3 Å². The van der Waals surface area contributed by atoms with E-state index in [0.29, 0.717) is 0 Å². The number of hydrogen-bond acceptors (Lipinski definition) is 1. The Hall–Kier alpha value is -3.65. The van der Waals surface area contributed by atoms with Crippen LogP contribution in [0.3, 0.4) is 0 Å². The zero-order chi connectivity index (χ0) is 23.7. The zero-order valence-electron chi connectivity index (χ0n) is 20.7. The molecule has 1 aliphatic rings. The summed E-state index contributed by atoms with van der Waals surface area (Å²) in [5.41, 5.74) is 10.3. The summed E-state index contributed by atoms with van der Waals surface area (Å²) in [6.07, 6.45) is 0. The lowest BCUT2D eigenvalue weighted by atomic mass is 9.93. The quantitative estimate of drug-likeness (QED) is 0.334. The van der Waals surface area contributed by atoms with Gasteiger partial charge in [-0.1, -0.05) is 54.1 Å². The molecule has 0 saturated heterocycles. The summed E-state index contributed by atoms with van der Waals surface area (Å²) in [5.74, 6) is 0. The third kappa shape index (κ3) is 3.84. The first-order valence-corrected chi connectivity index (χ1v) is 12.4. The van der Waals surface area contributed by atoms with Gasteiger partial charge < -0.3 is 4.90 Å². The Morgan fingerprint density at radius 1 is 0.706 bits per heavy atom. The summed E-state index contributed by atoms with van der Waals surface area (Å²) in [6, 6.07) is 33.7. The maximum absolute atomic E-state index is 2.42. The predicted octanol–water partition coefficient (Wildman–Crippen LogP) is 5.91. The molecule has 0 unspecified atom stereocenters. The Balaban J connectivity index is 1.75. The summed E-state index contributed by atoms with van der Waals surface area (Å²) in [4.78, 5) is 2.39. The van der Waals surface area contributed by atoms with E-state index in [0.717, 1.165) is 19.6 Å². The Bertz CT molecular complexity index is 1440. The molecule has 0 bridgehead atoms. The first kappa shape index (κ1) is 22.2. The van der Waals surface area contributed by atoms with Gasteiger partial charge in [0.15, 0.2) is 0 Å². The van der Waals surface area contributed by atoms with Crippen LogP contribution in [-0.4, -0.2) is 19.6 Å². The predicted molar refractivity (Wildman–Crippen MR) is 145 cm³/mol. The van der Waals surface area contributed by atoms with Gasteiger partial charge in [-0.05, 0) is 79.9 Å². The van der Waals surface area contributed by atoms with Crippen LogP contribution in [0, 0.1) is 6.92 Å². The van der Waals surface area contributed by atoms with Crippen LogP contribution >= 0.6 is 0 Å². The van der Waals surface area contributed by atoms with Crippen molar-refractivity contribution in [3.63, 3.8) is 0 Å². The Morgan fingerprint density at radius 2 is 1.35 bits per heavy atom. The molecule has 0 aromatic heterocycles. The lowest BCUT2D eigenvalue weighted by Crippen LogP contribution is -2.24. The third-order valence-electron chi connectivity index (χ3n) is 7.00. The summed E-state index contributed by atoms with van der Waals surface area (Å²) in [5, 5.41) is 2.55. The van der Waals surface area contributed by atoms with Gasteiger partial charge in [-0.2, -0.15) is 4.58 Å². The number of aryl methyl sites for hydroxylation is 1. The maximum Gasteiger partial charge on any atom is 0.213 e. The SMILES string of the molecule is CCN(CC)c1ccc(/C(c2ccc(C)cc2)=c2/ccc3c(c2)-c2ccccc2[N+]=3CC)cc1. The second-order valence-corrected chi connectivity index (χ2v) is 8.95. The summed E-state index contributed by atoms with van der Waals surface area (Å²) < 4.78 is 2.42. The van der Waals surface area contributed by atoms with E-state index >= 15 is 0 Å². The molecule has 2 nitrogen and oxygen atoms in total. The van der Waals surface area contributed by atoms with Crippen molar-refractivity contribution in [2.24, 2.45) is 0 Å². The van der Waals surface area contributed by atoms with Crippen molar-refractivity contribution >= 4 is 16.9 Å². The molecule has 1 aliphatic heterocycles. The van der Waals surface area contributed by atoms with Crippen molar-refractivity contribution in [2.75, 3.05) is 24.5 Å². The van der Waals surface area contributed by atoms with Gasteiger partial charge in [-0.25, -0.2) is 0 Å². The first-order valence-electron chi connectivity index (χ1n) is 12.4. The third-order valence-corrected chi connectivity index (χ3v) is 7.00. The summed E-state index contributed by atoms with van der Waals surface area (Å²) >= 11 is 0. The fourth-order valence-electron chi connectivity index (χ4n) is 5.20. The molecule has 34 heavy (non-hydrogen) atoms. The van der Waals surface area contributed by atoms with Crippen LogP contribution in [-0.2, 0) is 0 Å². The van der Waals surface area contributed by atoms with Gasteiger partial charge in [-0.15, -0.1) is 0 Å². The minimum atomic E-state index is 0.963. The van der Waals surface area contributed by atoms with E-state index in [1.807, 2.05) is 0 Å². The number of fused-ring (bicyclic) bond motifs is 3.